The number of thioether (sulfide) groups is 1. The molecule has 0 aliphatic heterocycles. The van der Waals surface area contributed by atoms with Crippen molar-refractivity contribution < 1.29 is 14.5 Å². The summed E-state index contributed by atoms with van der Waals surface area (Å²) < 4.78 is 7.02. The van der Waals surface area contributed by atoms with Gasteiger partial charge in [0.15, 0.2) is 4.34 Å². The third-order valence-corrected chi connectivity index (χ3v) is 6.25. The zero-order chi connectivity index (χ0) is 20.8. The van der Waals surface area contributed by atoms with E-state index in [4.69, 9.17) is 4.74 Å². The summed E-state index contributed by atoms with van der Waals surface area (Å²) in [6, 6.07) is 12.2. The Hall–Kier alpha value is -2.43. The van der Waals surface area contributed by atoms with Crippen LogP contribution in [0, 0.1) is 10.1 Å². The van der Waals surface area contributed by atoms with Crippen LogP contribution in [-0.4, -0.2) is 28.2 Å². The summed E-state index contributed by atoms with van der Waals surface area (Å²) in [5, 5.41) is 15.8. The molecule has 1 heterocycles. The number of nitro benzene ring substituents is 1. The molecule has 3 aromatic rings. The van der Waals surface area contributed by atoms with Gasteiger partial charge in [0, 0.05) is 15.4 Å². The van der Waals surface area contributed by atoms with Crippen molar-refractivity contribution in [1.82, 2.24) is 4.98 Å². The van der Waals surface area contributed by atoms with Crippen molar-refractivity contribution in [1.29, 1.82) is 0 Å². The molecule has 0 saturated heterocycles. The Morgan fingerprint density at radius 3 is 2.76 bits per heavy atom. The first-order chi connectivity index (χ1) is 14.0. The lowest BCUT2D eigenvalue weighted by molar-refractivity contribution is -0.384. The number of rotatable bonds is 8. The van der Waals surface area contributed by atoms with Crippen LogP contribution in [-0.2, 0) is 4.79 Å². The van der Waals surface area contributed by atoms with Gasteiger partial charge in [0.1, 0.15) is 11.4 Å². The molecule has 0 radical (unpaired) electrons. The van der Waals surface area contributed by atoms with Crippen LogP contribution in [0.1, 0.15) is 6.92 Å². The number of thiazole rings is 1. The van der Waals surface area contributed by atoms with E-state index in [1.54, 1.807) is 13.0 Å². The Balaban J connectivity index is 1.62. The fraction of sp³-hybridized carbons (Fsp3) is 0.158. The molecular formula is C19H16BrN3O4S2. The minimum atomic E-state index is -0.545. The van der Waals surface area contributed by atoms with Gasteiger partial charge in [-0.25, -0.2) is 4.98 Å². The highest BCUT2D eigenvalue weighted by Crippen LogP contribution is 2.31. The molecule has 2 aromatic carbocycles. The number of nitrogens with one attached hydrogen (secondary N) is 1. The van der Waals surface area contributed by atoms with E-state index >= 15 is 0 Å². The maximum absolute atomic E-state index is 12.3. The van der Waals surface area contributed by atoms with Crippen LogP contribution in [0.25, 0.3) is 11.3 Å². The molecule has 10 heteroatoms. The molecule has 1 aromatic heterocycles. The van der Waals surface area contributed by atoms with Crippen LogP contribution < -0.4 is 10.1 Å². The van der Waals surface area contributed by atoms with Gasteiger partial charge in [-0.3, -0.25) is 14.9 Å². The van der Waals surface area contributed by atoms with Crippen molar-refractivity contribution in [2.24, 2.45) is 0 Å². The topological polar surface area (TPSA) is 94.4 Å². The minimum Gasteiger partial charge on any atom is -0.494 e. The molecule has 0 unspecified atom stereocenters. The number of amides is 1. The van der Waals surface area contributed by atoms with Gasteiger partial charge in [-0.05, 0) is 31.2 Å². The molecule has 0 atom stereocenters. The lowest BCUT2D eigenvalue weighted by Gasteiger charge is -2.08. The van der Waals surface area contributed by atoms with E-state index in [1.165, 1.54) is 35.2 Å². The Labute approximate surface area is 183 Å². The highest BCUT2D eigenvalue weighted by molar-refractivity contribution is 9.10. The number of aromatic nitrogens is 1. The number of hydrogen-bond donors (Lipinski definition) is 1. The molecule has 0 aliphatic carbocycles. The summed E-state index contributed by atoms with van der Waals surface area (Å²) in [6.07, 6.45) is 0. The van der Waals surface area contributed by atoms with Crippen molar-refractivity contribution in [2.75, 3.05) is 17.7 Å². The quantitative estimate of drug-likeness (QED) is 0.249. The Bertz CT molecular complexity index is 1020. The van der Waals surface area contributed by atoms with Crippen molar-refractivity contribution in [3.05, 3.63) is 62.4 Å². The molecule has 150 valence electrons. The first-order valence-corrected chi connectivity index (χ1v) is 11.2. The summed E-state index contributed by atoms with van der Waals surface area (Å²) in [5.41, 5.74) is 1.76. The summed E-state index contributed by atoms with van der Waals surface area (Å²) in [5.74, 6) is 0.134. The van der Waals surface area contributed by atoms with Gasteiger partial charge in [0.05, 0.1) is 29.0 Å². The zero-order valence-corrected chi connectivity index (χ0v) is 18.5. The van der Waals surface area contributed by atoms with Gasteiger partial charge in [-0.1, -0.05) is 39.8 Å². The largest absolute Gasteiger partial charge is 0.494 e. The number of carbonyl (C=O) groups excluding carboxylic acids is 1. The monoisotopic (exact) mass is 493 g/mol. The van der Waals surface area contributed by atoms with Crippen LogP contribution in [0.3, 0.4) is 0 Å². The van der Waals surface area contributed by atoms with Gasteiger partial charge < -0.3 is 10.1 Å². The average Bonchev–Trinajstić information content (AvgIpc) is 3.17. The van der Waals surface area contributed by atoms with Crippen molar-refractivity contribution in [3.63, 3.8) is 0 Å². The first kappa shape index (κ1) is 21.3. The predicted molar refractivity (Wildman–Crippen MR) is 119 cm³/mol. The standard InChI is InChI=1S/C19H16BrN3O4S2/c1-2-27-14-7-8-15(17(9-14)23(25)26)21-18(24)11-29-19-22-16(10-28-19)12-3-5-13(20)6-4-12/h3-10H,2,11H2,1H3,(H,21,24). The number of benzene rings is 2. The van der Waals surface area contributed by atoms with Crippen molar-refractivity contribution in [2.45, 2.75) is 11.3 Å². The molecule has 0 aliphatic rings. The maximum Gasteiger partial charge on any atom is 0.296 e. The highest BCUT2D eigenvalue weighted by atomic mass is 79.9. The van der Waals surface area contributed by atoms with Crippen molar-refractivity contribution in [3.8, 4) is 17.0 Å². The summed E-state index contributed by atoms with van der Waals surface area (Å²) in [6.45, 7) is 2.19. The van der Waals surface area contributed by atoms with E-state index in [0.29, 0.717) is 12.4 Å². The molecular weight excluding hydrogens is 478 g/mol. The lowest BCUT2D eigenvalue weighted by atomic mass is 10.2. The second-order valence-electron chi connectivity index (χ2n) is 5.71. The summed E-state index contributed by atoms with van der Waals surface area (Å²) in [7, 11) is 0. The maximum atomic E-state index is 12.3. The second kappa shape index (κ2) is 9.86. The van der Waals surface area contributed by atoms with E-state index in [0.717, 1.165) is 20.1 Å². The smallest absolute Gasteiger partial charge is 0.296 e. The summed E-state index contributed by atoms with van der Waals surface area (Å²) in [4.78, 5) is 27.5. The zero-order valence-electron chi connectivity index (χ0n) is 15.3. The molecule has 0 bridgehead atoms. The van der Waals surface area contributed by atoms with E-state index in [9.17, 15) is 14.9 Å². The molecule has 0 spiro atoms. The molecule has 3 rings (SSSR count). The molecule has 1 amide bonds. The average molecular weight is 494 g/mol. The van der Waals surface area contributed by atoms with Gasteiger partial charge >= 0.3 is 0 Å². The molecule has 0 fully saturated rings. The number of hydrogen-bond acceptors (Lipinski definition) is 7. The van der Waals surface area contributed by atoms with Gasteiger partial charge in [0.2, 0.25) is 5.91 Å². The number of nitrogens with zero attached hydrogens (tertiary/aromatic N) is 2. The minimum absolute atomic E-state index is 0.0949. The van der Waals surface area contributed by atoms with Crippen LogP contribution in [0.2, 0.25) is 0 Å². The van der Waals surface area contributed by atoms with E-state index in [2.05, 4.69) is 26.2 Å². The second-order valence-corrected chi connectivity index (χ2v) is 8.71. The molecule has 0 saturated carbocycles. The number of nitro groups is 1. The fourth-order valence-electron chi connectivity index (χ4n) is 2.42. The molecule has 7 nitrogen and oxygen atoms in total. The van der Waals surface area contributed by atoms with Crippen molar-refractivity contribution >= 4 is 56.3 Å². The van der Waals surface area contributed by atoms with Crippen LogP contribution in [0.15, 0.2) is 56.7 Å². The Morgan fingerprint density at radius 2 is 2.07 bits per heavy atom. The van der Waals surface area contributed by atoms with Gasteiger partial charge in [-0.15, -0.1) is 11.3 Å². The van der Waals surface area contributed by atoms with Gasteiger partial charge in [0.25, 0.3) is 5.69 Å². The van der Waals surface area contributed by atoms with Crippen LogP contribution in [0.4, 0.5) is 11.4 Å². The van der Waals surface area contributed by atoms with E-state index in [-0.39, 0.29) is 23.0 Å². The first-order valence-electron chi connectivity index (χ1n) is 8.51. The van der Waals surface area contributed by atoms with Crippen LogP contribution in [0.5, 0.6) is 5.75 Å². The third kappa shape index (κ3) is 5.78. The number of ether oxygens (including phenoxy) is 1. The Morgan fingerprint density at radius 1 is 1.31 bits per heavy atom. The van der Waals surface area contributed by atoms with Crippen LogP contribution >= 0.6 is 39.0 Å². The molecule has 1 N–H and O–H groups in total. The Kier molecular flexibility index (Phi) is 7.24. The van der Waals surface area contributed by atoms with Gasteiger partial charge in [-0.2, -0.15) is 0 Å². The SMILES string of the molecule is CCOc1ccc(NC(=O)CSc2nc(-c3ccc(Br)cc3)cs2)c([N+](=O)[O-])c1. The number of halogens is 1. The molecule has 29 heavy (non-hydrogen) atoms. The number of anilines is 1. The highest BCUT2D eigenvalue weighted by Gasteiger charge is 2.18. The third-order valence-electron chi connectivity index (χ3n) is 3.70. The number of carbonyl (C=O) groups is 1. The van der Waals surface area contributed by atoms with E-state index < -0.39 is 4.92 Å². The summed E-state index contributed by atoms with van der Waals surface area (Å²) >= 11 is 6.13. The lowest BCUT2D eigenvalue weighted by Crippen LogP contribution is -2.15. The predicted octanol–water partition coefficient (Wildman–Crippen LogP) is 5.61. The van der Waals surface area contributed by atoms with E-state index in [1.807, 2.05) is 29.6 Å². The fourth-order valence-corrected chi connectivity index (χ4v) is 4.31. The normalized spacial score (nSPS) is 10.6.